The van der Waals surface area contributed by atoms with Crippen LogP contribution in [0.2, 0.25) is 0 Å². The smallest absolute Gasteiger partial charge is 0.341 e. The van der Waals surface area contributed by atoms with Crippen LogP contribution in [0.5, 0.6) is 28.7 Å². The predicted molar refractivity (Wildman–Crippen MR) is 634 cm³/mol. The number of rotatable bonds is 31. The fourth-order valence-electron chi connectivity index (χ4n) is 15.9. The Kier molecular flexibility index (Phi) is 45.4. The van der Waals surface area contributed by atoms with Crippen molar-refractivity contribution in [1.82, 2.24) is 0 Å². The van der Waals surface area contributed by atoms with Crippen LogP contribution in [0.4, 0.5) is 85.3 Å². The average molecular weight is 2010 g/mol. The summed E-state index contributed by atoms with van der Waals surface area (Å²) < 4.78 is 10.4. The summed E-state index contributed by atoms with van der Waals surface area (Å²) in [6.07, 6.45) is 1.47. The molecule has 0 aliphatic carbocycles. The first-order valence-electron chi connectivity index (χ1n) is 49.9. The maximum Gasteiger partial charge on any atom is 0.341 e. The van der Waals surface area contributed by atoms with Crippen molar-refractivity contribution in [3.05, 3.63) is 417 Å². The van der Waals surface area contributed by atoms with Gasteiger partial charge in [-0.3, -0.25) is 0 Å². The van der Waals surface area contributed by atoms with Gasteiger partial charge in [0.2, 0.25) is 0 Å². The van der Waals surface area contributed by atoms with E-state index in [1.807, 2.05) is 290 Å². The molecule has 0 aliphatic heterocycles. The van der Waals surface area contributed by atoms with E-state index in [1.165, 1.54) is 11.1 Å². The first kappa shape index (κ1) is 120. The second-order valence-electron chi connectivity index (χ2n) is 41.6. The van der Waals surface area contributed by atoms with E-state index >= 15 is 0 Å². The summed E-state index contributed by atoms with van der Waals surface area (Å²) in [5.74, 6) is 0.180. The Labute approximate surface area is 889 Å². The van der Waals surface area contributed by atoms with Gasteiger partial charge in [0, 0.05) is 135 Å². The zero-order valence-corrected chi connectivity index (χ0v) is 88.0. The van der Waals surface area contributed by atoms with E-state index in [0.29, 0.717) is 62.2 Å². The number of hydrogen-bond acceptors (Lipinski definition) is 19. The molecule has 0 saturated heterocycles. The van der Waals surface area contributed by atoms with Gasteiger partial charge in [-0.1, -0.05) is 274 Å². The lowest BCUT2D eigenvalue weighted by Crippen LogP contribution is -2.18. The molecule has 0 aliphatic rings. The van der Waals surface area contributed by atoms with Gasteiger partial charge in [-0.05, 0) is 323 Å². The third-order valence-electron chi connectivity index (χ3n) is 24.0. The Bertz CT molecular complexity index is 6630. The van der Waals surface area contributed by atoms with Gasteiger partial charge in [0.25, 0.3) is 0 Å². The van der Waals surface area contributed by atoms with Crippen LogP contribution in [-0.4, -0.2) is 50.7 Å². The van der Waals surface area contributed by atoms with Crippen LogP contribution < -0.4 is 53.2 Å². The number of para-hydroxylation sites is 5. The van der Waals surface area contributed by atoms with Crippen molar-refractivity contribution in [3.63, 3.8) is 0 Å². The quantitative estimate of drug-likeness (QED) is 0.0180. The minimum absolute atomic E-state index is 0. The molecule has 0 bridgehead atoms. The SMILES string of the molecule is C.C.C.C.CC(C)(C)c1cc(CNc2ccc(Nc3ccccc3)cc2)c(O)c(C(C)(C)C)c1.CCCOC(=O)c1cc(CNc2ccc(Nc3ccccc3)cc2)cc(C(C)(C)C)c1O.CCCOC(=O)c1cc(CNc2ccc(Nc3ccccc3)cc2)cc(C)c1O.Cc1cc(CNc2ccc(Nc3ccccc3)cc2)c(O)c(C(C)(C)C)c1.Cc1cc(CNc2ccc(Nc3ccccc3)cc2)cc(C(C)(C)C)c1O. The number of hydrogen-bond donors (Lipinski definition) is 15. The Morgan fingerprint density at radius 2 is 0.470 bits per heavy atom. The molecule has 15 N–H and O–H groups in total. The summed E-state index contributed by atoms with van der Waals surface area (Å²) in [4.78, 5) is 24.7. The average Bonchev–Trinajstić information content (AvgIpc) is 0.784. The summed E-state index contributed by atoms with van der Waals surface area (Å²) in [7, 11) is 0. The van der Waals surface area contributed by atoms with Gasteiger partial charge in [0.05, 0.1) is 13.2 Å². The molecule has 15 aromatic rings. The van der Waals surface area contributed by atoms with Crippen LogP contribution in [-0.2, 0) is 69.3 Å². The maximum absolute atomic E-state index is 12.5. The first-order valence-corrected chi connectivity index (χ1v) is 49.9. The predicted octanol–water partition coefficient (Wildman–Crippen LogP) is 34.8. The lowest BCUT2D eigenvalue weighted by molar-refractivity contribution is 0.0492. The highest BCUT2D eigenvalue weighted by Gasteiger charge is 2.29. The number of phenols is 5. The van der Waals surface area contributed by atoms with Crippen LogP contribution in [0.3, 0.4) is 0 Å². The third-order valence-corrected chi connectivity index (χ3v) is 24.0. The van der Waals surface area contributed by atoms with E-state index in [0.717, 1.165) is 160 Å². The van der Waals surface area contributed by atoms with E-state index in [9.17, 15) is 35.1 Å². The van der Waals surface area contributed by atoms with Gasteiger partial charge in [0.1, 0.15) is 39.9 Å². The third kappa shape index (κ3) is 37.3. The number of aryl methyl sites for hydroxylation is 3. The lowest BCUT2D eigenvalue weighted by atomic mass is 9.79. The molecule has 0 aromatic heterocycles. The van der Waals surface area contributed by atoms with Crippen molar-refractivity contribution in [3.8, 4) is 28.7 Å². The molecule has 0 atom stereocenters. The highest BCUT2D eigenvalue weighted by Crippen LogP contribution is 2.42. The molecule has 149 heavy (non-hydrogen) atoms. The second kappa shape index (κ2) is 56.2. The van der Waals surface area contributed by atoms with Gasteiger partial charge in [-0.2, -0.15) is 0 Å². The topological polar surface area (TPSA) is 274 Å². The minimum Gasteiger partial charge on any atom is -0.507 e. The van der Waals surface area contributed by atoms with Crippen molar-refractivity contribution in [2.75, 3.05) is 66.4 Å². The normalized spacial score (nSPS) is 10.9. The molecule has 0 spiro atoms. The minimum atomic E-state index is -0.495. The summed E-state index contributed by atoms with van der Waals surface area (Å²) in [5.41, 5.74) is 27.8. The Hall–Kier alpha value is -15.8. The van der Waals surface area contributed by atoms with Gasteiger partial charge in [-0.25, -0.2) is 9.59 Å². The summed E-state index contributed by atoms with van der Waals surface area (Å²) >= 11 is 0. The molecule has 0 radical (unpaired) electrons. The van der Waals surface area contributed by atoms with Crippen molar-refractivity contribution in [2.24, 2.45) is 0 Å². The molecule has 788 valence electrons. The van der Waals surface area contributed by atoms with Crippen LogP contribution in [0.15, 0.2) is 334 Å². The number of carbonyl (C=O) groups excluding carboxylic acids is 2. The van der Waals surface area contributed by atoms with Crippen molar-refractivity contribution >= 4 is 97.2 Å². The van der Waals surface area contributed by atoms with Gasteiger partial charge < -0.3 is 88.2 Å². The van der Waals surface area contributed by atoms with E-state index in [1.54, 1.807) is 19.1 Å². The first-order chi connectivity index (χ1) is 69.0. The Balaban J connectivity index is 0.000000251. The number of anilines is 15. The molecule has 0 heterocycles. The Morgan fingerprint density at radius 1 is 0.242 bits per heavy atom. The largest absolute Gasteiger partial charge is 0.507 e. The van der Waals surface area contributed by atoms with Crippen molar-refractivity contribution in [1.29, 1.82) is 0 Å². The number of carbonyl (C=O) groups is 2. The van der Waals surface area contributed by atoms with Crippen LogP contribution in [0.1, 0.15) is 253 Å². The maximum atomic E-state index is 12.5. The van der Waals surface area contributed by atoms with E-state index in [-0.39, 0.29) is 79.4 Å². The monoisotopic (exact) mass is 2010 g/mol. The van der Waals surface area contributed by atoms with E-state index < -0.39 is 11.9 Å². The second-order valence-corrected chi connectivity index (χ2v) is 41.6. The van der Waals surface area contributed by atoms with Crippen LogP contribution in [0, 0.1) is 20.8 Å². The zero-order valence-electron chi connectivity index (χ0n) is 88.0. The number of benzene rings is 15. The number of phenolic OH excluding ortho intramolecular Hbond substituents is 5. The molecule has 19 nitrogen and oxygen atoms in total. The van der Waals surface area contributed by atoms with Gasteiger partial charge >= 0.3 is 11.9 Å². The lowest BCUT2D eigenvalue weighted by Gasteiger charge is -2.27. The molecule has 0 unspecified atom stereocenters. The van der Waals surface area contributed by atoms with E-state index in [4.69, 9.17) is 9.47 Å². The van der Waals surface area contributed by atoms with Gasteiger partial charge in [0.15, 0.2) is 0 Å². The van der Waals surface area contributed by atoms with Gasteiger partial charge in [-0.15, -0.1) is 0 Å². The highest BCUT2D eigenvalue weighted by atomic mass is 16.5. The van der Waals surface area contributed by atoms with E-state index in [2.05, 4.69) is 216 Å². The fourth-order valence-corrected chi connectivity index (χ4v) is 15.9. The molecule has 0 saturated carbocycles. The number of aromatic hydroxyl groups is 5. The van der Waals surface area contributed by atoms with Crippen molar-refractivity contribution < 1.29 is 44.6 Å². The molecular formula is C130H164N10O9. The summed E-state index contributed by atoms with van der Waals surface area (Å²) in [6, 6.07) is 111. The summed E-state index contributed by atoms with van der Waals surface area (Å²) in [6.45, 7) is 45.1. The van der Waals surface area contributed by atoms with Crippen molar-refractivity contribution in [2.45, 2.75) is 241 Å². The fraction of sp³-hybridized carbons (Fsp3) is 0.292. The molecule has 0 fully saturated rings. The summed E-state index contributed by atoms with van der Waals surface area (Å²) in [5, 5.41) is 86.9. The standard InChI is InChI=1S/C27H32N2O3.C27H34N2O.C24H26N2O3.2C24H28N2O.4CH4/c1-5-15-32-26(31)23-16-19(17-24(25(23)30)27(2,3)4)18-28-20-11-13-22(14-12-20)29-21-9-7-6-8-10-21;1-26(2,3)20-16-19(25(30)24(17-20)27(4,5)6)18-28-21-12-14-23(15-13-21)29-22-10-8-7-9-11-22;1-3-13-29-24(28)22-15-18(14-17(2)23(22)27)16-25-19-9-11-21(12-10-19)26-20-7-5-4-6-8-20;1-17-14-18(15-22(23(17)27)24(2,3)4)16-25-19-10-12-21(13-11-19)26-20-8-6-5-7-9-20;1-17-14-18(23(27)22(15-17)24(2,3)4)16-25-19-10-12-21(13-11-19)26-20-8-6-5-7-9-20;;;;/h6-14,16-17,28-30H,5,15,18H2,1-4H3;7-17,28-30H,18H2,1-6H3;4-12,14-15,25-27H,3,13,16H2,1-2H3;2*5-15,25-27H,16H2,1-4H3;4*1H4. The molecular weight excluding hydrogens is 1850 g/mol. The molecule has 15 rings (SSSR count). The molecule has 15 aromatic carbocycles. The number of nitrogens with one attached hydrogen (secondary N) is 10. The number of esters is 2. The Morgan fingerprint density at radius 3 is 0.752 bits per heavy atom. The zero-order chi connectivity index (χ0) is 105. The molecule has 0 amide bonds. The number of ether oxygens (including phenoxy) is 2. The molecule has 19 heteroatoms. The highest BCUT2D eigenvalue weighted by molar-refractivity contribution is 5.94. The van der Waals surface area contributed by atoms with Crippen LogP contribution >= 0.6 is 0 Å². The van der Waals surface area contributed by atoms with Crippen LogP contribution in [0.25, 0.3) is 0 Å².